The lowest BCUT2D eigenvalue weighted by molar-refractivity contribution is 0.159. The third kappa shape index (κ3) is 4.67. The highest BCUT2D eigenvalue weighted by molar-refractivity contribution is 5.90. The molecule has 2 N–H and O–H groups in total. The number of urea groups is 1. The number of nitrogens with one attached hydrogen (secondary N) is 2. The highest BCUT2D eigenvalue weighted by Gasteiger charge is 2.35. The van der Waals surface area contributed by atoms with Gasteiger partial charge < -0.3 is 10.1 Å². The Labute approximate surface area is 198 Å². The summed E-state index contributed by atoms with van der Waals surface area (Å²) in [6, 6.07) is 10.8. The van der Waals surface area contributed by atoms with Gasteiger partial charge in [0.05, 0.1) is 30.2 Å². The molecule has 3 heterocycles. The van der Waals surface area contributed by atoms with Crippen molar-refractivity contribution in [3.8, 4) is 5.69 Å². The number of likely N-dealkylation sites (tertiary alicyclic amines) is 1. The average Bonchev–Trinajstić information content (AvgIpc) is 3.54. The SMILES string of the molecule is COCCN1C[C@H](NC(=O)Nc2c3c(nn2-c2ccccc2)CCC3)[C@@H](c2cncc(F)c2)C1. The predicted molar refractivity (Wildman–Crippen MR) is 127 cm³/mol. The number of hydrogen-bond donors (Lipinski definition) is 2. The second kappa shape index (κ2) is 9.90. The molecule has 34 heavy (non-hydrogen) atoms. The Hall–Kier alpha value is -3.30. The zero-order valence-corrected chi connectivity index (χ0v) is 19.2. The summed E-state index contributed by atoms with van der Waals surface area (Å²) in [4.78, 5) is 19.5. The van der Waals surface area contributed by atoms with Crippen LogP contribution in [0.3, 0.4) is 0 Å². The van der Waals surface area contributed by atoms with E-state index >= 15 is 0 Å². The van der Waals surface area contributed by atoms with Crippen molar-refractivity contribution in [1.82, 2.24) is 25.0 Å². The van der Waals surface area contributed by atoms with Crippen molar-refractivity contribution in [1.29, 1.82) is 0 Å². The first-order valence-electron chi connectivity index (χ1n) is 11.7. The zero-order valence-electron chi connectivity index (χ0n) is 19.2. The first-order chi connectivity index (χ1) is 16.6. The van der Waals surface area contributed by atoms with Gasteiger partial charge in [-0.3, -0.25) is 15.2 Å². The van der Waals surface area contributed by atoms with Crippen molar-refractivity contribution in [3.05, 3.63) is 71.4 Å². The highest BCUT2D eigenvalue weighted by Crippen LogP contribution is 2.31. The van der Waals surface area contributed by atoms with Crippen molar-refractivity contribution in [2.75, 3.05) is 38.7 Å². The number of halogens is 1. The molecule has 2 aromatic heterocycles. The van der Waals surface area contributed by atoms with Crippen molar-refractivity contribution in [3.63, 3.8) is 0 Å². The van der Waals surface area contributed by atoms with Gasteiger partial charge in [0.15, 0.2) is 0 Å². The third-order valence-corrected chi connectivity index (χ3v) is 6.62. The van der Waals surface area contributed by atoms with E-state index in [4.69, 9.17) is 9.84 Å². The monoisotopic (exact) mass is 464 g/mol. The van der Waals surface area contributed by atoms with Crippen LogP contribution in [0.15, 0.2) is 48.8 Å². The maximum atomic E-state index is 13.9. The molecule has 1 saturated heterocycles. The largest absolute Gasteiger partial charge is 0.383 e. The topological polar surface area (TPSA) is 84.3 Å². The number of benzene rings is 1. The molecule has 1 aromatic carbocycles. The van der Waals surface area contributed by atoms with Crippen LogP contribution < -0.4 is 10.6 Å². The molecule has 2 atom stereocenters. The highest BCUT2D eigenvalue weighted by atomic mass is 19.1. The van der Waals surface area contributed by atoms with E-state index in [0.717, 1.165) is 54.1 Å². The van der Waals surface area contributed by atoms with Gasteiger partial charge in [-0.15, -0.1) is 0 Å². The van der Waals surface area contributed by atoms with Crippen LogP contribution in [0.2, 0.25) is 0 Å². The minimum Gasteiger partial charge on any atom is -0.383 e. The van der Waals surface area contributed by atoms with E-state index in [-0.39, 0.29) is 23.8 Å². The summed E-state index contributed by atoms with van der Waals surface area (Å²) < 4.78 is 20.9. The summed E-state index contributed by atoms with van der Waals surface area (Å²) >= 11 is 0. The van der Waals surface area contributed by atoms with Crippen LogP contribution in [0.5, 0.6) is 0 Å². The fourth-order valence-corrected chi connectivity index (χ4v) is 4.99. The van der Waals surface area contributed by atoms with Crippen molar-refractivity contribution in [2.45, 2.75) is 31.2 Å². The maximum absolute atomic E-state index is 13.9. The lowest BCUT2D eigenvalue weighted by Crippen LogP contribution is -2.42. The molecular weight excluding hydrogens is 435 g/mol. The molecule has 0 bridgehead atoms. The first-order valence-corrected chi connectivity index (χ1v) is 11.7. The first kappa shape index (κ1) is 22.5. The Balaban J connectivity index is 1.36. The summed E-state index contributed by atoms with van der Waals surface area (Å²) in [7, 11) is 1.67. The van der Waals surface area contributed by atoms with Crippen LogP contribution >= 0.6 is 0 Å². The van der Waals surface area contributed by atoms with Crippen LogP contribution in [-0.4, -0.2) is 65.1 Å². The number of carbonyl (C=O) groups is 1. The Bertz CT molecular complexity index is 1150. The number of anilines is 1. The summed E-state index contributed by atoms with van der Waals surface area (Å²) in [6.45, 7) is 2.67. The number of amides is 2. The minimum absolute atomic E-state index is 0.0736. The standard InChI is InChI=1S/C25H29FN6O2/c1-34-11-10-31-15-21(17-12-18(26)14-27-13-17)23(16-31)28-25(33)29-24-20-8-5-9-22(20)30-32(24)19-6-3-2-4-7-19/h2-4,6-7,12-14,21,23H,5,8-11,15-16H2,1H3,(H2,28,29,33)/t21-,23+/m1/s1. The molecule has 2 aliphatic rings. The van der Waals surface area contributed by atoms with Gasteiger partial charge >= 0.3 is 6.03 Å². The fraction of sp³-hybridized carbons (Fsp3) is 0.400. The van der Waals surface area contributed by atoms with Gasteiger partial charge in [0.1, 0.15) is 11.6 Å². The molecule has 5 rings (SSSR count). The Morgan fingerprint density at radius 1 is 1.21 bits per heavy atom. The van der Waals surface area contributed by atoms with Gasteiger partial charge in [0, 0.05) is 44.4 Å². The molecule has 1 aliphatic heterocycles. The molecule has 2 amide bonds. The van der Waals surface area contributed by atoms with E-state index in [0.29, 0.717) is 19.7 Å². The van der Waals surface area contributed by atoms with Gasteiger partial charge in [-0.1, -0.05) is 18.2 Å². The number of para-hydroxylation sites is 1. The van der Waals surface area contributed by atoms with Crippen LogP contribution in [0.4, 0.5) is 15.0 Å². The van der Waals surface area contributed by atoms with Crippen LogP contribution in [-0.2, 0) is 17.6 Å². The number of nitrogens with zero attached hydrogens (tertiary/aromatic N) is 4. The van der Waals surface area contributed by atoms with E-state index in [1.165, 1.54) is 12.3 Å². The molecule has 3 aromatic rings. The number of carbonyl (C=O) groups excluding carboxylic acids is 1. The van der Waals surface area contributed by atoms with Gasteiger partial charge in [-0.05, 0) is 43.0 Å². The number of methoxy groups -OCH3 is 1. The molecule has 8 nitrogen and oxygen atoms in total. The van der Waals surface area contributed by atoms with Crippen LogP contribution in [0.1, 0.15) is 29.2 Å². The van der Waals surface area contributed by atoms with E-state index in [1.807, 2.05) is 35.0 Å². The average molecular weight is 465 g/mol. The molecule has 178 valence electrons. The lowest BCUT2D eigenvalue weighted by atomic mass is 9.96. The molecule has 0 spiro atoms. The van der Waals surface area contributed by atoms with Crippen LogP contribution in [0, 0.1) is 5.82 Å². The Morgan fingerprint density at radius 3 is 2.85 bits per heavy atom. The predicted octanol–water partition coefficient (Wildman–Crippen LogP) is 3.13. The van der Waals surface area contributed by atoms with E-state index in [2.05, 4.69) is 20.5 Å². The normalized spacial score (nSPS) is 19.8. The molecule has 9 heteroatoms. The van der Waals surface area contributed by atoms with E-state index in [9.17, 15) is 9.18 Å². The number of ether oxygens (including phenoxy) is 1. The van der Waals surface area contributed by atoms with Gasteiger partial charge in [-0.2, -0.15) is 5.10 Å². The van der Waals surface area contributed by atoms with E-state index < -0.39 is 0 Å². The second-order valence-electron chi connectivity index (χ2n) is 8.88. The summed E-state index contributed by atoms with van der Waals surface area (Å²) in [5, 5.41) is 11.0. The van der Waals surface area contributed by atoms with Crippen molar-refractivity contribution < 1.29 is 13.9 Å². The van der Waals surface area contributed by atoms with Gasteiger partial charge in [0.25, 0.3) is 0 Å². The molecule has 0 radical (unpaired) electrons. The van der Waals surface area contributed by atoms with E-state index in [1.54, 1.807) is 13.3 Å². The summed E-state index contributed by atoms with van der Waals surface area (Å²) in [5.41, 5.74) is 3.82. The number of aromatic nitrogens is 3. The van der Waals surface area contributed by atoms with Crippen molar-refractivity contribution >= 4 is 11.8 Å². The Morgan fingerprint density at radius 2 is 2.06 bits per heavy atom. The minimum atomic E-state index is -0.377. The summed E-state index contributed by atoms with van der Waals surface area (Å²) in [5.74, 6) is 0.267. The van der Waals surface area contributed by atoms with Gasteiger partial charge in [-0.25, -0.2) is 13.9 Å². The second-order valence-corrected chi connectivity index (χ2v) is 8.88. The molecule has 1 fully saturated rings. The quantitative estimate of drug-likeness (QED) is 0.561. The Kier molecular flexibility index (Phi) is 6.55. The number of aryl methyl sites for hydroxylation is 1. The molecular formula is C25H29FN6O2. The lowest BCUT2D eigenvalue weighted by Gasteiger charge is -2.21. The molecule has 1 aliphatic carbocycles. The number of pyridine rings is 1. The number of hydrogen-bond acceptors (Lipinski definition) is 5. The fourth-order valence-electron chi connectivity index (χ4n) is 4.99. The zero-order chi connectivity index (χ0) is 23.5. The summed E-state index contributed by atoms with van der Waals surface area (Å²) in [6.07, 6.45) is 5.72. The molecule has 0 unspecified atom stereocenters. The number of rotatable bonds is 7. The van der Waals surface area contributed by atoms with Crippen LogP contribution in [0.25, 0.3) is 5.69 Å². The van der Waals surface area contributed by atoms with Gasteiger partial charge in [0.2, 0.25) is 0 Å². The molecule has 0 saturated carbocycles. The maximum Gasteiger partial charge on any atom is 0.320 e. The smallest absolute Gasteiger partial charge is 0.320 e. The number of fused-ring (bicyclic) bond motifs is 1. The third-order valence-electron chi connectivity index (χ3n) is 6.62. The van der Waals surface area contributed by atoms with Crippen molar-refractivity contribution in [2.24, 2.45) is 0 Å².